The van der Waals surface area contributed by atoms with Crippen molar-refractivity contribution in [2.75, 3.05) is 5.73 Å². The van der Waals surface area contributed by atoms with Gasteiger partial charge in [0.25, 0.3) is 0 Å². The van der Waals surface area contributed by atoms with Crippen LogP contribution in [0, 0.1) is 6.92 Å². The van der Waals surface area contributed by atoms with Gasteiger partial charge in [-0.25, -0.2) is 4.68 Å². The van der Waals surface area contributed by atoms with Crippen molar-refractivity contribution >= 4 is 28.9 Å². The molecule has 0 atom stereocenters. The zero-order valence-electron chi connectivity index (χ0n) is 11.2. The molecule has 3 rings (SSSR count). The summed E-state index contributed by atoms with van der Waals surface area (Å²) in [7, 11) is 0. The number of nitrogen functional groups attached to an aromatic ring is 1. The highest BCUT2D eigenvalue weighted by atomic mass is 35.5. The molecule has 0 bridgehead atoms. The molecule has 2 aromatic carbocycles. The fourth-order valence-electron chi connectivity index (χ4n) is 2.00. The Balaban J connectivity index is 1.99. The second-order valence-corrected chi connectivity index (χ2v) is 5.53. The first-order chi connectivity index (χ1) is 10.0. The number of nitrogens with two attached hydrogens (primary N) is 1. The van der Waals surface area contributed by atoms with Gasteiger partial charge in [-0.05, 0) is 42.8 Å². The lowest BCUT2D eigenvalue weighted by Gasteiger charge is -2.03. The number of nitrogens with zero attached hydrogens (tertiary/aromatic N) is 3. The fraction of sp³-hybridized carbons (Fsp3) is 0.0667. The maximum absolute atomic E-state index is 6.03. The number of hydrogen-bond donors (Lipinski definition) is 1. The second kappa shape index (κ2) is 5.39. The van der Waals surface area contributed by atoms with E-state index in [1.54, 1.807) is 16.8 Å². The average molecular weight is 319 g/mol. The largest absolute Gasteiger partial charge is 0.397 e. The highest BCUT2D eigenvalue weighted by molar-refractivity contribution is 6.33. The molecule has 0 aliphatic rings. The monoisotopic (exact) mass is 318 g/mol. The van der Waals surface area contributed by atoms with Gasteiger partial charge in [0.2, 0.25) is 0 Å². The summed E-state index contributed by atoms with van der Waals surface area (Å²) in [5, 5.41) is 9.56. The van der Waals surface area contributed by atoms with Gasteiger partial charge in [-0.3, -0.25) is 0 Å². The number of benzene rings is 2. The number of rotatable bonds is 2. The van der Waals surface area contributed by atoms with Gasteiger partial charge in [0.1, 0.15) is 5.69 Å². The van der Waals surface area contributed by atoms with Crippen LogP contribution < -0.4 is 5.73 Å². The first-order valence-electron chi connectivity index (χ1n) is 6.29. The fourth-order valence-corrected chi connectivity index (χ4v) is 2.24. The number of halogens is 2. The van der Waals surface area contributed by atoms with Gasteiger partial charge in [0.15, 0.2) is 0 Å². The van der Waals surface area contributed by atoms with Crippen molar-refractivity contribution in [1.29, 1.82) is 0 Å². The Hall–Kier alpha value is -2.04. The van der Waals surface area contributed by atoms with Crippen molar-refractivity contribution < 1.29 is 0 Å². The molecular formula is C15H12Cl2N4. The lowest BCUT2D eigenvalue weighted by atomic mass is 10.1. The summed E-state index contributed by atoms with van der Waals surface area (Å²) in [6.45, 7) is 1.95. The van der Waals surface area contributed by atoms with Crippen molar-refractivity contribution in [1.82, 2.24) is 15.0 Å². The molecule has 0 amide bonds. The third kappa shape index (κ3) is 2.73. The van der Waals surface area contributed by atoms with Crippen LogP contribution in [0.2, 0.25) is 10.0 Å². The van der Waals surface area contributed by atoms with E-state index in [0.717, 1.165) is 27.5 Å². The average Bonchev–Trinajstić information content (AvgIpc) is 2.94. The smallest absolute Gasteiger partial charge is 0.113 e. The molecule has 0 saturated heterocycles. The quantitative estimate of drug-likeness (QED) is 0.723. The van der Waals surface area contributed by atoms with Crippen LogP contribution in [-0.4, -0.2) is 15.0 Å². The number of aromatic nitrogens is 3. The summed E-state index contributed by atoms with van der Waals surface area (Å²) in [5.41, 5.74) is 9.85. The van der Waals surface area contributed by atoms with E-state index in [2.05, 4.69) is 10.3 Å². The Kier molecular flexibility index (Phi) is 3.57. The summed E-state index contributed by atoms with van der Waals surface area (Å²) >= 11 is 12.0. The SMILES string of the molecule is Cc1cc(-c2cn(-c3ccc(Cl)c(N)c3)nn2)ccc1Cl. The third-order valence-corrected chi connectivity index (χ3v) is 3.96. The van der Waals surface area contributed by atoms with Crippen LogP contribution in [0.3, 0.4) is 0 Å². The van der Waals surface area contributed by atoms with Crippen LogP contribution in [-0.2, 0) is 0 Å². The van der Waals surface area contributed by atoms with Gasteiger partial charge >= 0.3 is 0 Å². The second-order valence-electron chi connectivity index (χ2n) is 4.72. The number of hydrogen-bond acceptors (Lipinski definition) is 3. The Morgan fingerprint density at radius 1 is 1.05 bits per heavy atom. The molecule has 2 N–H and O–H groups in total. The van der Waals surface area contributed by atoms with Gasteiger partial charge in [-0.15, -0.1) is 5.10 Å². The van der Waals surface area contributed by atoms with E-state index in [1.807, 2.05) is 37.4 Å². The van der Waals surface area contributed by atoms with Gasteiger partial charge in [-0.1, -0.05) is 34.5 Å². The number of aryl methyl sites for hydroxylation is 1. The summed E-state index contributed by atoms with van der Waals surface area (Å²) in [6.07, 6.45) is 1.84. The Labute approximate surface area is 132 Å². The maximum Gasteiger partial charge on any atom is 0.113 e. The topological polar surface area (TPSA) is 56.7 Å². The molecule has 4 nitrogen and oxygen atoms in total. The van der Waals surface area contributed by atoms with Crippen molar-refractivity contribution in [3.63, 3.8) is 0 Å². The van der Waals surface area contributed by atoms with E-state index < -0.39 is 0 Å². The van der Waals surface area contributed by atoms with E-state index in [-0.39, 0.29) is 0 Å². The van der Waals surface area contributed by atoms with E-state index in [1.165, 1.54) is 0 Å². The van der Waals surface area contributed by atoms with Crippen molar-refractivity contribution in [2.45, 2.75) is 6.92 Å². The van der Waals surface area contributed by atoms with Crippen LogP contribution in [0.25, 0.3) is 16.9 Å². The van der Waals surface area contributed by atoms with Crippen molar-refractivity contribution in [2.24, 2.45) is 0 Å². The highest BCUT2D eigenvalue weighted by Gasteiger charge is 2.08. The van der Waals surface area contributed by atoms with Crippen LogP contribution in [0.4, 0.5) is 5.69 Å². The predicted molar refractivity (Wildman–Crippen MR) is 86.0 cm³/mol. The van der Waals surface area contributed by atoms with Gasteiger partial charge in [0, 0.05) is 10.6 Å². The normalized spacial score (nSPS) is 10.8. The standard InChI is InChI=1S/C15H12Cl2N4/c1-9-6-10(2-4-12(9)16)15-8-21(20-19-15)11-3-5-13(17)14(18)7-11/h2-8H,18H2,1H3. The first kappa shape index (κ1) is 13.9. The van der Waals surface area contributed by atoms with Crippen LogP contribution in [0.15, 0.2) is 42.6 Å². The lowest BCUT2D eigenvalue weighted by Crippen LogP contribution is -1.96. The highest BCUT2D eigenvalue weighted by Crippen LogP contribution is 2.25. The molecule has 21 heavy (non-hydrogen) atoms. The lowest BCUT2D eigenvalue weighted by molar-refractivity contribution is 0.804. The Morgan fingerprint density at radius 3 is 2.52 bits per heavy atom. The molecule has 6 heteroatoms. The number of anilines is 1. The summed E-state index contributed by atoms with van der Waals surface area (Å²) in [5.74, 6) is 0. The van der Waals surface area contributed by atoms with E-state index in [4.69, 9.17) is 28.9 Å². The molecule has 3 aromatic rings. The van der Waals surface area contributed by atoms with E-state index in [9.17, 15) is 0 Å². The minimum atomic E-state index is 0.508. The minimum Gasteiger partial charge on any atom is -0.397 e. The first-order valence-corrected chi connectivity index (χ1v) is 7.04. The van der Waals surface area contributed by atoms with Crippen LogP contribution in [0.1, 0.15) is 5.56 Å². The van der Waals surface area contributed by atoms with Gasteiger partial charge in [0.05, 0.1) is 22.6 Å². The Bertz CT molecular complexity index is 745. The van der Waals surface area contributed by atoms with Crippen molar-refractivity contribution in [3.05, 3.63) is 58.2 Å². The zero-order valence-corrected chi connectivity index (χ0v) is 12.7. The summed E-state index contributed by atoms with van der Waals surface area (Å²) in [6, 6.07) is 11.1. The molecule has 0 aliphatic carbocycles. The summed E-state index contributed by atoms with van der Waals surface area (Å²) in [4.78, 5) is 0. The molecule has 0 radical (unpaired) electrons. The van der Waals surface area contributed by atoms with Crippen molar-refractivity contribution in [3.8, 4) is 16.9 Å². The Morgan fingerprint density at radius 2 is 1.81 bits per heavy atom. The maximum atomic E-state index is 6.03. The minimum absolute atomic E-state index is 0.508. The molecule has 106 valence electrons. The molecule has 0 fully saturated rings. The predicted octanol–water partition coefficient (Wildman–Crippen LogP) is 4.13. The molecule has 1 aromatic heterocycles. The molecule has 0 unspecified atom stereocenters. The van der Waals surface area contributed by atoms with Crippen LogP contribution >= 0.6 is 23.2 Å². The molecule has 0 spiro atoms. The molecule has 0 aliphatic heterocycles. The zero-order chi connectivity index (χ0) is 15.0. The van der Waals surface area contributed by atoms with E-state index >= 15 is 0 Å². The van der Waals surface area contributed by atoms with E-state index in [0.29, 0.717) is 10.7 Å². The molecular weight excluding hydrogens is 307 g/mol. The molecule has 0 saturated carbocycles. The van der Waals surface area contributed by atoms with Gasteiger partial charge < -0.3 is 5.73 Å². The van der Waals surface area contributed by atoms with Gasteiger partial charge in [-0.2, -0.15) is 0 Å². The summed E-state index contributed by atoms with van der Waals surface area (Å²) < 4.78 is 1.66. The van der Waals surface area contributed by atoms with Crippen LogP contribution in [0.5, 0.6) is 0 Å². The molecule has 1 heterocycles. The third-order valence-electron chi connectivity index (χ3n) is 3.19.